The number of hydrogen-bond acceptors (Lipinski definition) is 2. The minimum absolute atomic E-state index is 0.401. The maximum atomic E-state index is 5.78. The fourth-order valence-corrected chi connectivity index (χ4v) is 2.93. The molecule has 1 saturated heterocycles. The van der Waals surface area contributed by atoms with Gasteiger partial charge in [0.2, 0.25) is 0 Å². The molecule has 1 aromatic rings. The Labute approximate surface area is 117 Å². The van der Waals surface area contributed by atoms with Crippen LogP contribution < -0.4 is 0 Å². The lowest BCUT2D eigenvalue weighted by atomic mass is 9.75. The fraction of sp³-hybridized carbons (Fsp3) is 0.647. The number of aryl methyl sites for hydroxylation is 1. The number of likely N-dealkylation sites (tertiary alicyclic amines) is 1. The molecule has 2 rings (SSSR count). The Hall–Kier alpha value is -0.860. The van der Waals surface area contributed by atoms with Crippen molar-refractivity contribution >= 4 is 0 Å². The minimum Gasteiger partial charge on any atom is -0.381 e. The van der Waals surface area contributed by atoms with Gasteiger partial charge < -0.3 is 9.64 Å². The van der Waals surface area contributed by atoms with Crippen molar-refractivity contribution in [1.29, 1.82) is 0 Å². The molecule has 0 spiro atoms. The van der Waals surface area contributed by atoms with Gasteiger partial charge in [0.05, 0.1) is 6.61 Å². The van der Waals surface area contributed by atoms with Crippen LogP contribution in [0.2, 0.25) is 0 Å². The molecule has 0 bridgehead atoms. The molecule has 0 unspecified atom stereocenters. The van der Waals surface area contributed by atoms with Crippen LogP contribution in [0.1, 0.15) is 31.7 Å². The van der Waals surface area contributed by atoms with Crippen LogP contribution in [0.5, 0.6) is 0 Å². The summed E-state index contributed by atoms with van der Waals surface area (Å²) in [6.07, 6.45) is 4.98. The van der Waals surface area contributed by atoms with Gasteiger partial charge >= 0.3 is 0 Å². The van der Waals surface area contributed by atoms with Crippen molar-refractivity contribution in [2.24, 2.45) is 5.41 Å². The lowest BCUT2D eigenvalue weighted by Crippen LogP contribution is -2.41. The highest BCUT2D eigenvalue weighted by Crippen LogP contribution is 2.36. The number of benzene rings is 1. The van der Waals surface area contributed by atoms with E-state index in [4.69, 9.17) is 4.74 Å². The normalized spacial score (nSPS) is 19.5. The Morgan fingerprint density at radius 2 is 1.84 bits per heavy atom. The second-order valence-electron chi connectivity index (χ2n) is 5.93. The summed E-state index contributed by atoms with van der Waals surface area (Å²) in [4.78, 5) is 2.44. The Bertz CT molecular complexity index is 349. The standard InChI is InChI=1S/C17H27NO/c1-3-19-15-17(11-13-18(2)14-12-17)10-9-16-7-5-4-6-8-16/h4-8H,3,9-15H2,1-2H3. The van der Waals surface area contributed by atoms with Gasteiger partial charge in [0.1, 0.15) is 0 Å². The van der Waals surface area contributed by atoms with E-state index in [0.717, 1.165) is 13.2 Å². The highest BCUT2D eigenvalue weighted by Gasteiger charge is 2.33. The van der Waals surface area contributed by atoms with Gasteiger partial charge in [-0.05, 0) is 63.7 Å². The second kappa shape index (κ2) is 7.06. The first-order chi connectivity index (χ1) is 9.24. The molecule has 106 valence electrons. The van der Waals surface area contributed by atoms with Crippen molar-refractivity contribution in [3.05, 3.63) is 35.9 Å². The molecule has 0 atom stereocenters. The third-order valence-corrected chi connectivity index (χ3v) is 4.45. The number of nitrogens with zero attached hydrogens (tertiary/aromatic N) is 1. The average molecular weight is 261 g/mol. The van der Waals surface area contributed by atoms with Crippen LogP contribution in [0.3, 0.4) is 0 Å². The molecule has 1 fully saturated rings. The molecular weight excluding hydrogens is 234 g/mol. The molecule has 19 heavy (non-hydrogen) atoms. The summed E-state index contributed by atoms with van der Waals surface area (Å²) >= 11 is 0. The van der Waals surface area contributed by atoms with Gasteiger partial charge in [-0.2, -0.15) is 0 Å². The molecule has 0 radical (unpaired) electrons. The van der Waals surface area contributed by atoms with E-state index in [-0.39, 0.29) is 0 Å². The molecule has 0 saturated carbocycles. The van der Waals surface area contributed by atoms with Crippen LogP contribution in [-0.2, 0) is 11.2 Å². The summed E-state index contributed by atoms with van der Waals surface area (Å²) in [7, 11) is 2.22. The summed E-state index contributed by atoms with van der Waals surface area (Å²) in [5.74, 6) is 0. The first kappa shape index (κ1) is 14.5. The number of ether oxygens (including phenoxy) is 1. The van der Waals surface area contributed by atoms with Crippen LogP contribution in [0.4, 0.5) is 0 Å². The Balaban J connectivity index is 1.94. The van der Waals surface area contributed by atoms with E-state index in [0.29, 0.717) is 5.41 Å². The average Bonchev–Trinajstić information content (AvgIpc) is 2.47. The summed E-state index contributed by atoms with van der Waals surface area (Å²) in [5, 5.41) is 0. The van der Waals surface area contributed by atoms with Crippen LogP contribution in [0.25, 0.3) is 0 Å². The first-order valence-corrected chi connectivity index (χ1v) is 7.54. The van der Waals surface area contributed by atoms with Crippen LogP contribution in [0, 0.1) is 5.41 Å². The van der Waals surface area contributed by atoms with Crippen molar-refractivity contribution in [3.63, 3.8) is 0 Å². The lowest BCUT2D eigenvalue weighted by molar-refractivity contribution is 0.00432. The third kappa shape index (κ3) is 4.32. The van der Waals surface area contributed by atoms with Gasteiger partial charge in [-0.15, -0.1) is 0 Å². The number of piperidine rings is 1. The highest BCUT2D eigenvalue weighted by molar-refractivity contribution is 5.15. The zero-order chi connectivity index (χ0) is 13.6. The number of rotatable bonds is 6. The first-order valence-electron chi connectivity index (χ1n) is 7.54. The highest BCUT2D eigenvalue weighted by atomic mass is 16.5. The van der Waals surface area contributed by atoms with E-state index >= 15 is 0 Å². The van der Waals surface area contributed by atoms with E-state index in [2.05, 4.69) is 49.2 Å². The van der Waals surface area contributed by atoms with Crippen LogP contribution in [0.15, 0.2) is 30.3 Å². The van der Waals surface area contributed by atoms with Crippen LogP contribution in [-0.4, -0.2) is 38.3 Å². The van der Waals surface area contributed by atoms with Crippen molar-refractivity contribution < 1.29 is 4.74 Å². The van der Waals surface area contributed by atoms with E-state index in [9.17, 15) is 0 Å². The van der Waals surface area contributed by atoms with Gasteiger partial charge in [-0.1, -0.05) is 30.3 Å². The van der Waals surface area contributed by atoms with Crippen molar-refractivity contribution in [1.82, 2.24) is 4.90 Å². The van der Waals surface area contributed by atoms with Crippen molar-refractivity contribution in [2.75, 3.05) is 33.4 Å². The molecule has 0 aliphatic carbocycles. The predicted octanol–water partition coefficient (Wildman–Crippen LogP) is 3.37. The van der Waals surface area contributed by atoms with E-state index in [1.54, 1.807) is 0 Å². The topological polar surface area (TPSA) is 12.5 Å². The zero-order valence-corrected chi connectivity index (χ0v) is 12.4. The van der Waals surface area contributed by atoms with E-state index in [1.165, 1.54) is 44.3 Å². The fourth-order valence-electron chi connectivity index (χ4n) is 2.93. The molecule has 1 heterocycles. The van der Waals surface area contributed by atoms with Crippen molar-refractivity contribution in [3.8, 4) is 0 Å². The molecular formula is C17H27NO. The largest absolute Gasteiger partial charge is 0.381 e. The Morgan fingerprint density at radius 1 is 1.16 bits per heavy atom. The SMILES string of the molecule is CCOCC1(CCc2ccccc2)CCN(C)CC1. The van der Waals surface area contributed by atoms with E-state index < -0.39 is 0 Å². The molecule has 0 amide bonds. The van der Waals surface area contributed by atoms with E-state index in [1.807, 2.05) is 0 Å². The van der Waals surface area contributed by atoms with Gasteiger partial charge in [0.25, 0.3) is 0 Å². The quantitative estimate of drug-likeness (QED) is 0.778. The molecule has 1 aromatic carbocycles. The maximum Gasteiger partial charge on any atom is 0.0523 e. The second-order valence-corrected chi connectivity index (χ2v) is 5.93. The summed E-state index contributed by atoms with van der Waals surface area (Å²) in [5.41, 5.74) is 1.86. The van der Waals surface area contributed by atoms with Crippen LogP contribution >= 0.6 is 0 Å². The molecule has 0 N–H and O–H groups in total. The third-order valence-electron chi connectivity index (χ3n) is 4.45. The monoisotopic (exact) mass is 261 g/mol. The molecule has 1 aliphatic heterocycles. The van der Waals surface area contributed by atoms with Gasteiger partial charge in [0.15, 0.2) is 0 Å². The summed E-state index contributed by atoms with van der Waals surface area (Å²) in [6.45, 7) is 6.29. The summed E-state index contributed by atoms with van der Waals surface area (Å²) in [6, 6.07) is 10.8. The lowest BCUT2D eigenvalue weighted by Gasteiger charge is -2.40. The molecule has 1 aliphatic rings. The van der Waals surface area contributed by atoms with Gasteiger partial charge in [0, 0.05) is 6.61 Å². The Morgan fingerprint density at radius 3 is 2.47 bits per heavy atom. The molecule has 2 nitrogen and oxygen atoms in total. The van der Waals surface area contributed by atoms with Gasteiger partial charge in [-0.25, -0.2) is 0 Å². The minimum atomic E-state index is 0.401. The van der Waals surface area contributed by atoms with Gasteiger partial charge in [-0.3, -0.25) is 0 Å². The summed E-state index contributed by atoms with van der Waals surface area (Å²) < 4.78 is 5.78. The molecule has 2 heteroatoms. The number of hydrogen-bond donors (Lipinski definition) is 0. The zero-order valence-electron chi connectivity index (χ0n) is 12.4. The maximum absolute atomic E-state index is 5.78. The molecule has 0 aromatic heterocycles. The Kier molecular flexibility index (Phi) is 5.41. The van der Waals surface area contributed by atoms with Crippen molar-refractivity contribution in [2.45, 2.75) is 32.6 Å². The predicted molar refractivity (Wildman–Crippen MR) is 80.4 cm³/mol. The smallest absolute Gasteiger partial charge is 0.0523 e.